The molecule has 26 heavy (non-hydrogen) atoms. The van der Waals surface area contributed by atoms with Gasteiger partial charge in [0.25, 0.3) is 10.0 Å². The Hall–Kier alpha value is -1.07. The second-order valence-electron chi connectivity index (χ2n) is 8.13. The van der Waals surface area contributed by atoms with Gasteiger partial charge < -0.3 is 0 Å². The third-order valence-corrected chi connectivity index (χ3v) is 8.14. The summed E-state index contributed by atoms with van der Waals surface area (Å²) in [6, 6.07) is 5.89. The third-order valence-electron chi connectivity index (χ3n) is 6.54. The zero-order valence-corrected chi connectivity index (χ0v) is 17.0. The van der Waals surface area contributed by atoms with Crippen LogP contribution in [0, 0.1) is 10.8 Å². The molecule has 144 valence electrons. The molecule has 2 bridgehead atoms. The second kappa shape index (κ2) is 7.51. The lowest BCUT2D eigenvalue weighted by Crippen LogP contribution is -2.51. The van der Waals surface area contributed by atoms with Crippen molar-refractivity contribution in [2.75, 3.05) is 0 Å². The summed E-state index contributed by atoms with van der Waals surface area (Å²) < 4.78 is 27.4. The summed E-state index contributed by atoms with van der Waals surface area (Å²) in [5, 5.41) is 0.466. The standard InChI is InChI=1S/C20H28ClNO3S/c1-2-3-4-9-19-10-13-20(14-11-19,15-12-19)18(23)22-26(24,25)17-7-5-16(21)6-8-17/h5-8H,2-4,9-15H2,1H3,(H,22,23). The number of halogens is 1. The topological polar surface area (TPSA) is 63.2 Å². The molecule has 0 saturated heterocycles. The van der Waals surface area contributed by atoms with E-state index in [2.05, 4.69) is 11.6 Å². The van der Waals surface area contributed by atoms with E-state index in [4.69, 9.17) is 11.6 Å². The fourth-order valence-corrected chi connectivity index (χ4v) is 5.83. The first-order chi connectivity index (χ1) is 12.3. The molecule has 4 nitrogen and oxygen atoms in total. The first-order valence-corrected chi connectivity index (χ1v) is 11.5. The van der Waals surface area contributed by atoms with Crippen molar-refractivity contribution in [3.8, 4) is 0 Å². The number of amides is 1. The van der Waals surface area contributed by atoms with Crippen molar-refractivity contribution in [1.29, 1.82) is 0 Å². The molecular weight excluding hydrogens is 370 g/mol. The van der Waals surface area contributed by atoms with Crippen molar-refractivity contribution in [2.24, 2.45) is 10.8 Å². The van der Waals surface area contributed by atoms with Gasteiger partial charge in [0.1, 0.15) is 0 Å². The molecule has 1 aromatic rings. The van der Waals surface area contributed by atoms with Crippen LogP contribution >= 0.6 is 11.6 Å². The molecule has 3 aliphatic carbocycles. The number of rotatable bonds is 7. The minimum Gasteiger partial charge on any atom is -0.273 e. The Labute approximate surface area is 161 Å². The van der Waals surface area contributed by atoms with E-state index in [0.717, 1.165) is 38.5 Å². The second-order valence-corrected chi connectivity index (χ2v) is 10.2. The third kappa shape index (κ3) is 3.94. The van der Waals surface area contributed by atoms with Crippen LogP contribution < -0.4 is 4.72 Å². The Bertz CT molecular complexity index is 733. The average molecular weight is 398 g/mol. The van der Waals surface area contributed by atoms with Gasteiger partial charge in [0.05, 0.1) is 10.3 Å². The van der Waals surface area contributed by atoms with Crippen molar-refractivity contribution >= 4 is 27.5 Å². The van der Waals surface area contributed by atoms with Crippen molar-refractivity contribution in [2.45, 2.75) is 76.0 Å². The van der Waals surface area contributed by atoms with E-state index >= 15 is 0 Å². The monoisotopic (exact) mass is 397 g/mol. The van der Waals surface area contributed by atoms with Gasteiger partial charge in [-0.15, -0.1) is 0 Å². The maximum Gasteiger partial charge on any atom is 0.264 e. The molecule has 0 unspecified atom stereocenters. The van der Waals surface area contributed by atoms with Crippen LogP contribution in [-0.4, -0.2) is 14.3 Å². The number of carbonyl (C=O) groups excluding carboxylic acids is 1. The number of hydrogen-bond acceptors (Lipinski definition) is 3. The Morgan fingerprint density at radius 1 is 1.04 bits per heavy atom. The first-order valence-electron chi connectivity index (χ1n) is 9.64. The van der Waals surface area contributed by atoms with Gasteiger partial charge in [-0.3, -0.25) is 4.79 Å². The van der Waals surface area contributed by atoms with E-state index in [9.17, 15) is 13.2 Å². The highest BCUT2D eigenvalue weighted by atomic mass is 35.5. The van der Waals surface area contributed by atoms with E-state index in [1.807, 2.05) is 0 Å². The van der Waals surface area contributed by atoms with Gasteiger partial charge >= 0.3 is 0 Å². The quantitative estimate of drug-likeness (QED) is 0.653. The maximum atomic E-state index is 12.9. The van der Waals surface area contributed by atoms with Crippen LogP contribution in [0.3, 0.4) is 0 Å². The predicted molar refractivity (Wildman–Crippen MR) is 103 cm³/mol. The normalized spacial score (nSPS) is 28.1. The van der Waals surface area contributed by atoms with E-state index in [1.54, 1.807) is 0 Å². The molecule has 3 aliphatic rings. The number of benzene rings is 1. The van der Waals surface area contributed by atoms with E-state index in [1.165, 1.54) is 49.9 Å². The van der Waals surface area contributed by atoms with Gasteiger partial charge in [-0.05, 0) is 74.6 Å². The zero-order valence-electron chi connectivity index (χ0n) is 15.4. The van der Waals surface area contributed by atoms with Crippen molar-refractivity contribution < 1.29 is 13.2 Å². The van der Waals surface area contributed by atoms with E-state index in [-0.39, 0.29) is 10.8 Å². The van der Waals surface area contributed by atoms with Crippen LogP contribution in [0.2, 0.25) is 5.02 Å². The van der Waals surface area contributed by atoms with Crippen molar-refractivity contribution in [3.05, 3.63) is 29.3 Å². The molecule has 4 rings (SSSR count). The summed E-state index contributed by atoms with van der Waals surface area (Å²) in [6.07, 6.45) is 10.6. The molecule has 6 heteroatoms. The highest BCUT2D eigenvalue weighted by Gasteiger charge is 2.52. The molecule has 0 heterocycles. The van der Waals surface area contributed by atoms with Crippen molar-refractivity contribution in [1.82, 2.24) is 4.72 Å². The largest absolute Gasteiger partial charge is 0.273 e. The molecule has 0 aromatic heterocycles. The van der Waals surface area contributed by atoms with Crippen molar-refractivity contribution in [3.63, 3.8) is 0 Å². The molecule has 0 aliphatic heterocycles. The highest BCUT2D eigenvalue weighted by Crippen LogP contribution is 2.58. The minimum absolute atomic E-state index is 0.0761. The first kappa shape index (κ1) is 19.7. The van der Waals surface area contributed by atoms with Gasteiger partial charge in [-0.25, -0.2) is 13.1 Å². The Morgan fingerprint density at radius 3 is 2.15 bits per heavy atom. The molecule has 0 spiro atoms. The van der Waals surface area contributed by atoms with Crippen LogP contribution in [0.15, 0.2) is 29.2 Å². The Morgan fingerprint density at radius 2 is 1.62 bits per heavy atom. The molecule has 1 amide bonds. The molecule has 0 atom stereocenters. The molecule has 1 aromatic carbocycles. The van der Waals surface area contributed by atoms with Gasteiger partial charge in [0.15, 0.2) is 0 Å². The fraction of sp³-hybridized carbons (Fsp3) is 0.650. The lowest BCUT2D eigenvalue weighted by atomic mass is 9.52. The summed E-state index contributed by atoms with van der Waals surface area (Å²) in [4.78, 5) is 13.0. The SMILES string of the molecule is CCCCCC12CCC(C(=O)NS(=O)(=O)c3ccc(Cl)cc3)(CC1)CC2. The minimum atomic E-state index is -3.85. The fourth-order valence-electron chi connectivity index (χ4n) is 4.63. The molecule has 1 N–H and O–H groups in total. The summed E-state index contributed by atoms with van der Waals surface area (Å²) in [5.41, 5.74) is -0.113. The highest BCUT2D eigenvalue weighted by molar-refractivity contribution is 7.90. The summed E-state index contributed by atoms with van der Waals surface area (Å²) >= 11 is 5.82. The zero-order chi connectivity index (χ0) is 18.8. The van der Waals surface area contributed by atoms with Crippen LogP contribution in [0.25, 0.3) is 0 Å². The van der Waals surface area contributed by atoms with Gasteiger partial charge in [0, 0.05) is 5.02 Å². The molecular formula is C20H28ClNO3S. The Kier molecular flexibility index (Phi) is 5.69. The predicted octanol–water partition coefficient (Wildman–Crippen LogP) is 5.07. The summed E-state index contributed by atoms with van der Waals surface area (Å²) in [5.74, 6) is -0.325. The average Bonchev–Trinajstić information content (AvgIpc) is 2.63. The lowest BCUT2D eigenvalue weighted by Gasteiger charge is -2.52. The number of unbranched alkanes of at least 4 members (excludes halogenated alkanes) is 2. The molecule has 0 radical (unpaired) electrons. The van der Waals surface area contributed by atoms with Gasteiger partial charge in [0.2, 0.25) is 5.91 Å². The number of sulfonamides is 1. The number of hydrogen-bond donors (Lipinski definition) is 1. The lowest BCUT2D eigenvalue weighted by molar-refractivity contribution is -0.138. The molecule has 3 fully saturated rings. The van der Waals surface area contributed by atoms with Crippen LogP contribution in [0.4, 0.5) is 0 Å². The maximum absolute atomic E-state index is 12.9. The van der Waals surface area contributed by atoms with E-state index in [0.29, 0.717) is 10.4 Å². The smallest absolute Gasteiger partial charge is 0.264 e. The number of carbonyl (C=O) groups is 1. The number of fused-ring (bicyclic) bond motifs is 3. The van der Waals surface area contributed by atoms with Crippen LogP contribution in [0.1, 0.15) is 71.1 Å². The van der Waals surface area contributed by atoms with Crippen LogP contribution in [0.5, 0.6) is 0 Å². The van der Waals surface area contributed by atoms with Gasteiger partial charge in [-0.2, -0.15) is 0 Å². The number of nitrogens with one attached hydrogen (secondary N) is 1. The van der Waals surface area contributed by atoms with E-state index < -0.39 is 15.4 Å². The van der Waals surface area contributed by atoms with Crippen LogP contribution in [-0.2, 0) is 14.8 Å². The summed E-state index contributed by atoms with van der Waals surface area (Å²) in [6.45, 7) is 2.22. The Balaban J connectivity index is 1.65. The summed E-state index contributed by atoms with van der Waals surface area (Å²) in [7, 11) is -3.85. The molecule has 3 saturated carbocycles. The van der Waals surface area contributed by atoms with Gasteiger partial charge in [-0.1, -0.05) is 37.8 Å².